The van der Waals surface area contributed by atoms with Gasteiger partial charge < -0.3 is 5.32 Å². The van der Waals surface area contributed by atoms with Crippen molar-refractivity contribution in [3.05, 3.63) is 59.3 Å². The molecule has 108 valence electrons. The SMILES string of the molecule is c1ccc(-c2cc3c(NCc4cscn4)ncnc3s2)cc1. The fourth-order valence-electron chi connectivity index (χ4n) is 2.24. The summed E-state index contributed by atoms with van der Waals surface area (Å²) in [5, 5.41) is 6.45. The lowest BCUT2D eigenvalue weighted by Gasteiger charge is -2.03. The second-order valence-corrected chi connectivity index (χ2v) is 6.50. The van der Waals surface area contributed by atoms with E-state index in [-0.39, 0.29) is 0 Å². The van der Waals surface area contributed by atoms with Gasteiger partial charge in [0.15, 0.2) is 0 Å². The molecular weight excluding hydrogens is 312 g/mol. The average molecular weight is 324 g/mol. The number of aromatic nitrogens is 3. The molecule has 0 bridgehead atoms. The molecule has 1 aromatic carbocycles. The van der Waals surface area contributed by atoms with Crippen LogP contribution < -0.4 is 5.32 Å². The lowest BCUT2D eigenvalue weighted by molar-refractivity contribution is 1.05. The van der Waals surface area contributed by atoms with Crippen LogP contribution in [0.3, 0.4) is 0 Å². The van der Waals surface area contributed by atoms with Crippen molar-refractivity contribution in [2.45, 2.75) is 6.54 Å². The Bertz CT molecular complexity index is 885. The number of thiophene rings is 1. The lowest BCUT2D eigenvalue weighted by Crippen LogP contribution is -2.01. The molecule has 0 atom stereocenters. The number of benzene rings is 1. The van der Waals surface area contributed by atoms with Crippen LogP contribution in [0.2, 0.25) is 0 Å². The van der Waals surface area contributed by atoms with E-state index in [0.29, 0.717) is 6.54 Å². The van der Waals surface area contributed by atoms with Crippen molar-refractivity contribution in [2.24, 2.45) is 0 Å². The van der Waals surface area contributed by atoms with Crippen LogP contribution in [0.15, 0.2) is 53.6 Å². The molecule has 0 spiro atoms. The van der Waals surface area contributed by atoms with Crippen molar-refractivity contribution >= 4 is 38.7 Å². The molecule has 0 amide bonds. The summed E-state index contributed by atoms with van der Waals surface area (Å²) in [6.07, 6.45) is 1.61. The van der Waals surface area contributed by atoms with E-state index in [2.05, 4.69) is 38.5 Å². The van der Waals surface area contributed by atoms with E-state index in [1.165, 1.54) is 10.4 Å². The topological polar surface area (TPSA) is 50.7 Å². The fraction of sp³-hybridized carbons (Fsp3) is 0.0625. The second-order valence-electron chi connectivity index (χ2n) is 4.75. The Hall–Kier alpha value is -2.31. The Kier molecular flexibility index (Phi) is 3.54. The van der Waals surface area contributed by atoms with Gasteiger partial charge in [-0.1, -0.05) is 30.3 Å². The number of hydrogen-bond acceptors (Lipinski definition) is 6. The van der Waals surface area contributed by atoms with Gasteiger partial charge in [-0.2, -0.15) is 0 Å². The number of fused-ring (bicyclic) bond motifs is 1. The van der Waals surface area contributed by atoms with Gasteiger partial charge in [-0.3, -0.25) is 0 Å². The van der Waals surface area contributed by atoms with Gasteiger partial charge in [0.1, 0.15) is 17.0 Å². The Labute approximate surface area is 135 Å². The van der Waals surface area contributed by atoms with Crippen LogP contribution in [0.5, 0.6) is 0 Å². The zero-order valence-corrected chi connectivity index (χ0v) is 13.2. The normalized spacial score (nSPS) is 10.9. The summed E-state index contributed by atoms with van der Waals surface area (Å²) in [4.78, 5) is 15.2. The zero-order chi connectivity index (χ0) is 14.8. The van der Waals surface area contributed by atoms with E-state index in [1.54, 1.807) is 29.0 Å². The molecule has 0 radical (unpaired) electrons. The maximum atomic E-state index is 4.39. The molecule has 3 heterocycles. The first-order chi connectivity index (χ1) is 10.9. The summed E-state index contributed by atoms with van der Waals surface area (Å²) < 4.78 is 0. The number of thiazole rings is 1. The molecule has 3 aromatic heterocycles. The zero-order valence-electron chi connectivity index (χ0n) is 11.6. The quantitative estimate of drug-likeness (QED) is 0.603. The van der Waals surface area contributed by atoms with E-state index in [9.17, 15) is 0 Å². The summed E-state index contributed by atoms with van der Waals surface area (Å²) in [6.45, 7) is 0.673. The van der Waals surface area contributed by atoms with Gasteiger partial charge in [-0.25, -0.2) is 15.0 Å². The monoisotopic (exact) mass is 324 g/mol. The van der Waals surface area contributed by atoms with E-state index in [4.69, 9.17) is 0 Å². The van der Waals surface area contributed by atoms with Crippen LogP contribution >= 0.6 is 22.7 Å². The molecule has 4 aromatic rings. The van der Waals surface area contributed by atoms with Crippen LogP contribution in [0.25, 0.3) is 20.7 Å². The van der Waals surface area contributed by atoms with Crippen LogP contribution in [0, 0.1) is 0 Å². The highest BCUT2D eigenvalue weighted by Crippen LogP contribution is 2.34. The number of hydrogen-bond donors (Lipinski definition) is 1. The third kappa shape index (κ3) is 2.58. The molecular formula is C16H12N4S2. The van der Waals surface area contributed by atoms with Gasteiger partial charge >= 0.3 is 0 Å². The number of rotatable bonds is 4. The Morgan fingerprint density at radius 2 is 1.95 bits per heavy atom. The van der Waals surface area contributed by atoms with Gasteiger partial charge in [0.25, 0.3) is 0 Å². The molecule has 0 saturated heterocycles. The number of nitrogens with one attached hydrogen (secondary N) is 1. The summed E-state index contributed by atoms with van der Waals surface area (Å²) in [7, 11) is 0. The maximum Gasteiger partial charge on any atom is 0.138 e. The minimum atomic E-state index is 0.673. The fourth-order valence-corrected chi connectivity index (χ4v) is 3.80. The minimum absolute atomic E-state index is 0.673. The number of anilines is 1. The molecule has 1 N–H and O–H groups in total. The molecule has 6 heteroatoms. The van der Waals surface area contributed by atoms with Gasteiger partial charge in [0, 0.05) is 10.3 Å². The number of nitrogens with zero attached hydrogens (tertiary/aromatic N) is 3. The third-order valence-corrected chi connectivity index (χ3v) is 5.04. The summed E-state index contributed by atoms with van der Waals surface area (Å²) >= 11 is 3.28. The molecule has 0 unspecified atom stereocenters. The highest BCUT2D eigenvalue weighted by Gasteiger charge is 2.10. The predicted molar refractivity (Wildman–Crippen MR) is 92.3 cm³/mol. The van der Waals surface area contributed by atoms with Gasteiger partial charge in [0.2, 0.25) is 0 Å². The van der Waals surface area contributed by atoms with Gasteiger partial charge in [-0.15, -0.1) is 22.7 Å². The van der Waals surface area contributed by atoms with Gasteiger partial charge in [-0.05, 0) is 11.6 Å². The predicted octanol–water partition coefficient (Wildman–Crippen LogP) is 4.43. The van der Waals surface area contributed by atoms with Crippen molar-refractivity contribution in [2.75, 3.05) is 5.32 Å². The highest BCUT2D eigenvalue weighted by atomic mass is 32.1. The van der Waals surface area contributed by atoms with Crippen molar-refractivity contribution in [3.8, 4) is 10.4 Å². The first kappa shape index (κ1) is 13.4. The molecule has 0 aliphatic carbocycles. The summed E-state index contributed by atoms with van der Waals surface area (Å²) in [6, 6.07) is 12.5. The third-order valence-electron chi connectivity index (χ3n) is 3.31. The highest BCUT2D eigenvalue weighted by molar-refractivity contribution is 7.21. The summed E-state index contributed by atoms with van der Waals surface area (Å²) in [5.74, 6) is 0.858. The standard InChI is InChI=1S/C16H12N4S2/c1-2-4-11(5-3-1)14-6-13-15(18-9-19-16(13)22-14)17-7-12-8-21-10-20-12/h1-6,8-10H,7H2,(H,17,18,19). The molecule has 0 aliphatic rings. The van der Waals surface area contributed by atoms with Crippen molar-refractivity contribution < 1.29 is 0 Å². The average Bonchev–Trinajstić information content (AvgIpc) is 3.23. The van der Waals surface area contributed by atoms with Crippen LogP contribution in [-0.4, -0.2) is 15.0 Å². The molecule has 0 aliphatic heterocycles. The maximum absolute atomic E-state index is 4.39. The van der Waals surface area contributed by atoms with E-state index in [0.717, 1.165) is 21.7 Å². The summed E-state index contributed by atoms with van der Waals surface area (Å²) in [5.41, 5.74) is 4.07. The molecule has 0 fully saturated rings. The van der Waals surface area contributed by atoms with Crippen LogP contribution in [0.1, 0.15) is 5.69 Å². The molecule has 0 saturated carbocycles. The van der Waals surface area contributed by atoms with Gasteiger partial charge in [0.05, 0.1) is 23.1 Å². The Morgan fingerprint density at radius 3 is 2.77 bits per heavy atom. The smallest absolute Gasteiger partial charge is 0.138 e. The second kappa shape index (κ2) is 5.82. The first-order valence-corrected chi connectivity index (χ1v) is 8.57. The molecule has 4 rings (SSSR count). The molecule has 22 heavy (non-hydrogen) atoms. The lowest BCUT2D eigenvalue weighted by atomic mass is 10.2. The molecule has 4 nitrogen and oxygen atoms in total. The van der Waals surface area contributed by atoms with Crippen LogP contribution in [0.4, 0.5) is 5.82 Å². The van der Waals surface area contributed by atoms with E-state index >= 15 is 0 Å². The Morgan fingerprint density at radius 1 is 1.05 bits per heavy atom. The van der Waals surface area contributed by atoms with Crippen molar-refractivity contribution in [1.29, 1.82) is 0 Å². The Balaban J connectivity index is 1.69. The first-order valence-electron chi connectivity index (χ1n) is 6.81. The van der Waals surface area contributed by atoms with E-state index < -0.39 is 0 Å². The van der Waals surface area contributed by atoms with Crippen LogP contribution in [-0.2, 0) is 6.54 Å². The van der Waals surface area contributed by atoms with E-state index in [1.807, 2.05) is 29.1 Å². The largest absolute Gasteiger partial charge is 0.364 e. The van der Waals surface area contributed by atoms with Crippen molar-refractivity contribution in [1.82, 2.24) is 15.0 Å². The van der Waals surface area contributed by atoms with Crippen molar-refractivity contribution in [3.63, 3.8) is 0 Å². The minimum Gasteiger partial charge on any atom is -0.364 e.